The monoisotopic (exact) mass is 154 g/mol. The zero-order chi connectivity index (χ0) is 8.27. The standard InChI is InChI=1S/C7H7FN2O/c8-7-2-1-6(10-9)3-5(7)4-11/h1-4,10H,9H2. The van der Waals surface area contributed by atoms with Gasteiger partial charge in [-0.15, -0.1) is 0 Å². The molecule has 3 nitrogen and oxygen atoms in total. The van der Waals surface area contributed by atoms with E-state index >= 15 is 0 Å². The van der Waals surface area contributed by atoms with Crippen molar-refractivity contribution in [1.82, 2.24) is 0 Å². The van der Waals surface area contributed by atoms with Crippen LogP contribution in [0.3, 0.4) is 0 Å². The molecule has 1 aromatic rings. The number of hydrogen-bond acceptors (Lipinski definition) is 3. The number of hydrazine groups is 1. The van der Waals surface area contributed by atoms with Gasteiger partial charge in [-0.3, -0.25) is 10.6 Å². The van der Waals surface area contributed by atoms with Gasteiger partial charge in [0, 0.05) is 5.69 Å². The van der Waals surface area contributed by atoms with Crippen molar-refractivity contribution in [1.29, 1.82) is 0 Å². The maximum Gasteiger partial charge on any atom is 0.153 e. The molecule has 3 N–H and O–H groups in total. The SMILES string of the molecule is NNc1ccc(F)c(C=O)c1. The zero-order valence-electron chi connectivity index (χ0n) is 5.67. The number of carbonyl (C=O) groups is 1. The lowest BCUT2D eigenvalue weighted by molar-refractivity contribution is 0.112. The molecule has 0 radical (unpaired) electrons. The zero-order valence-corrected chi connectivity index (χ0v) is 5.67. The summed E-state index contributed by atoms with van der Waals surface area (Å²) in [4.78, 5) is 10.2. The van der Waals surface area contributed by atoms with Gasteiger partial charge < -0.3 is 5.43 Å². The quantitative estimate of drug-likeness (QED) is 0.378. The molecule has 1 rings (SSSR count). The highest BCUT2D eigenvalue weighted by molar-refractivity contribution is 5.77. The highest BCUT2D eigenvalue weighted by atomic mass is 19.1. The minimum atomic E-state index is -0.543. The Bertz CT molecular complexity index is 275. The van der Waals surface area contributed by atoms with Gasteiger partial charge in [0.15, 0.2) is 6.29 Å². The first-order valence-electron chi connectivity index (χ1n) is 2.99. The summed E-state index contributed by atoms with van der Waals surface area (Å²) in [7, 11) is 0. The van der Waals surface area contributed by atoms with Gasteiger partial charge in [0.2, 0.25) is 0 Å². The number of nitrogen functional groups attached to an aromatic ring is 1. The summed E-state index contributed by atoms with van der Waals surface area (Å²) >= 11 is 0. The number of benzene rings is 1. The minimum absolute atomic E-state index is 0.000417. The Morgan fingerprint density at radius 1 is 1.55 bits per heavy atom. The van der Waals surface area contributed by atoms with Crippen LogP contribution in [0.15, 0.2) is 18.2 Å². The molecular weight excluding hydrogens is 147 g/mol. The molecular formula is C7H7FN2O. The topological polar surface area (TPSA) is 55.1 Å². The highest BCUT2D eigenvalue weighted by Gasteiger charge is 2.00. The summed E-state index contributed by atoms with van der Waals surface area (Å²) in [5, 5.41) is 0. The van der Waals surface area contributed by atoms with Gasteiger partial charge in [-0.2, -0.15) is 0 Å². The second-order valence-electron chi connectivity index (χ2n) is 2.00. The fourth-order valence-electron chi connectivity index (χ4n) is 0.724. The number of anilines is 1. The van der Waals surface area contributed by atoms with Crippen molar-refractivity contribution in [2.45, 2.75) is 0 Å². The Morgan fingerprint density at radius 3 is 2.82 bits per heavy atom. The second-order valence-corrected chi connectivity index (χ2v) is 2.00. The summed E-state index contributed by atoms with van der Waals surface area (Å²) in [6, 6.07) is 3.96. The first-order chi connectivity index (χ1) is 5.27. The summed E-state index contributed by atoms with van der Waals surface area (Å²) in [6.45, 7) is 0. The van der Waals surface area contributed by atoms with Crippen LogP contribution in [-0.2, 0) is 0 Å². The van der Waals surface area contributed by atoms with Crippen LogP contribution in [0.5, 0.6) is 0 Å². The van der Waals surface area contributed by atoms with E-state index in [-0.39, 0.29) is 5.56 Å². The van der Waals surface area contributed by atoms with Crippen LogP contribution in [0.4, 0.5) is 10.1 Å². The fraction of sp³-hybridized carbons (Fsp3) is 0. The van der Waals surface area contributed by atoms with Crippen LogP contribution in [0.25, 0.3) is 0 Å². The molecule has 4 heteroatoms. The third-order valence-electron chi connectivity index (χ3n) is 1.29. The predicted molar refractivity (Wildman–Crippen MR) is 39.6 cm³/mol. The average molecular weight is 154 g/mol. The largest absolute Gasteiger partial charge is 0.324 e. The molecule has 0 fully saturated rings. The third-order valence-corrected chi connectivity index (χ3v) is 1.29. The Balaban J connectivity index is 3.12. The molecule has 0 aliphatic carbocycles. The van der Waals surface area contributed by atoms with Crippen molar-refractivity contribution in [2.75, 3.05) is 5.43 Å². The number of nitrogens with two attached hydrogens (primary N) is 1. The van der Waals surface area contributed by atoms with E-state index in [1.807, 2.05) is 0 Å². The van der Waals surface area contributed by atoms with Gasteiger partial charge in [0.05, 0.1) is 5.56 Å². The number of nitrogens with one attached hydrogen (secondary N) is 1. The molecule has 1 aromatic carbocycles. The lowest BCUT2D eigenvalue weighted by atomic mass is 10.2. The first-order valence-corrected chi connectivity index (χ1v) is 2.99. The molecule has 0 aliphatic rings. The molecule has 0 spiro atoms. The second kappa shape index (κ2) is 3.12. The van der Waals surface area contributed by atoms with E-state index in [4.69, 9.17) is 5.84 Å². The van der Waals surface area contributed by atoms with Gasteiger partial charge in [-0.25, -0.2) is 4.39 Å². The molecule has 0 unspecified atom stereocenters. The molecule has 0 saturated carbocycles. The Morgan fingerprint density at radius 2 is 2.27 bits per heavy atom. The Hall–Kier alpha value is -1.42. The maximum absolute atomic E-state index is 12.6. The van der Waals surface area contributed by atoms with Crippen molar-refractivity contribution in [2.24, 2.45) is 5.84 Å². The molecule has 0 atom stereocenters. The van der Waals surface area contributed by atoms with Crippen molar-refractivity contribution >= 4 is 12.0 Å². The van der Waals surface area contributed by atoms with Crippen molar-refractivity contribution < 1.29 is 9.18 Å². The molecule has 0 heterocycles. The number of carbonyl (C=O) groups excluding carboxylic acids is 1. The fourth-order valence-corrected chi connectivity index (χ4v) is 0.724. The van der Waals surface area contributed by atoms with Gasteiger partial charge in [0.1, 0.15) is 5.82 Å². The van der Waals surface area contributed by atoms with Crippen molar-refractivity contribution in [3.63, 3.8) is 0 Å². The normalized spacial score (nSPS) is 9.27. The van der Waals surface area contributed by atoms with Gasteiger partial charge >= 0.3 is 0 Å². The average Bonchev–Trinajstić information content (AvgIpc) is 2.05. The van der Waals surface area contributed by atoms with Crippen LogP contribution in [-0.4, -0.2) is 6.29 Å². The summed E-state index contributed by atoms with van der Waals surface area (Å²) in [6.07, 6.45) is 0.441. The van der Waals surface area contributed by atoms with E-state index in [1.165, 1.54) is 18.2 Å². The highest BCUT2D eigenvalue weighted by Crippen LogP contribution is 2.11. The van der Waals surface area contributed by atoms with Crippen LogP contribution >= 0.6 is 0 Å². The smallest absolute Gasteiger partial charge is 0.153 e. The van der Waals surface area contributed by atoms with E-state index in [1.54, 1.807) is 0 Å². The Kier molecular flexibility index (Phi) is 2.18. The van der Waals surface area contributed by atoms with Crippen LogP contribution < -0.4 is 11.3 Å². The lowest BCUT2D eigenvalue weighted by Gasteiger charge is -1.99. The first kappa shape index (κ1) is 7.68. The molecule has 58 valence electrons. The van der Waals surface area contributed by atoms with E-state index < -0.39 is 5.82 Å². The molecule has 11 heavy (non-hydrogen) atoms. The number of aldehydes is 1. The summed E-state index contributed by atoms with van der Waals surface area (Å²) in [5.74, 6) is 4.49. The predicted octanol–water partition coefficient (Wildman–Crippen LogP) is 0.924. The lowest BCUT2D eigenvalue weighted by Crippen LogP contribution is -2.07. The minimum Gasteiger partial charge on any atom is -0.324 e. The summed E-state index contributed by atoms with van der Waals surface area (Å²) in [5.41, 5.74) is 2.81. The van der Waals surface area contributed by atoms with Crippen molar-refractivity contribution in [3.05, 3.63) is 29.6 Å². The Labute approximate surface area is 63.0 Å². The molecule has 0 aromatic heterocycles. The number of rotatable bonds is 2. The molecule has 0 bridgehead atoms. The van der Waals surface area contributed by atoms with Gasteiger partial charge in [-0.1, -0.05) is 0 Å². The number of hydrogen-bond donors (Lipinski definition) is 2. The third kappa shape index (κ3) is 1.53. The molecule has 0 aliphatic heterocycles. The van der Waals surface area contributed by atoms with E-state index in [0.29, 0.717) is 12.0 Å². The van der Waals surface area contributed by atoms with Crippen LogP contribution in [0, 0.1) is 5.82 Å². The van der Waals surface area contributed by atoms with E-state index in [2.05, 4.69) is 5.43 Å². The molecule has 0 amide bonds. The number of halogens is 1. The van der Waals surface area contributed by atoms with Crippen LogP contribution in [0.2, 0.25) is 0 Å². The summed E-state index contributed by atoms with van der Waals surface area (Å²) < 4.78 is 12.6. The van der Waals surface area contributed by atoms with E-state index in [0.717, 1.165) is 0 Å². The van der Waals surface area contributed by atoms with E-state index in [9.17, 15) is 9.18 Å². The van der Waals surface area contributed by atoms with Crippen LogP contribution in [0.1, 0.15) is 10.4 Å². The van der Waals surface area contributed by atoms with Crippen molar-refractivity contribution in [3.8, 4) is 0 Å². The maximum atomic E-state index is 12.6. The van der Waals surface area contributed by atoms with Gasteiger partial charge in [0.25, 0.3) is 0 Å². The van der Waals surface area contributed by atoms with Gasteiger partial charge in [-0.05, 0) is 18.2 Å². The molecule has 0 saturated heterocycles.